The van der Waals surface area contributed by atoms with Gasteiger partial charge in [0.2, 0.25) is 0 Å². The molecule has 0 fully saturated rings. The van der Waals surface area contributed by atoms with Gasteiger partial charge in [-0.05, 0) is 30.3 Å². The molecule has 1 heterocycles. The van der Waals surface area contributed by atoms with Gasteiger partial charge in [-0.2, -0.15) is 5.10 Å². The van der Waals surface area contributed by atoms with Crippen molar-refractivity contribution in [1.82, 2.24) is 10.2 Å². The molecule has 0 unspecified atom stereocenters. The van der Waals surface area contributed by atoms with Gasteiger partial charge in [0.15, 0.2) is 0 Å². The molecular weight excluding hydrogens is 324 g/mol. The van der Waals surface area contributed by atoms with Crippen molar-refractivity contribution in [1.29, 1.82) is 0 Å². The van der Waals surface area contributed by atoms with Gasteiger partial charge < -0.3 is 9.47 Å². The Morgan fingerprint density at radius 1 is 1.04 bits per heavy atom. The first-order valence-electron chi connectivity index (χ1n) is 7.44. The Balaban J connectivity index is 1.76. The highest BCUT2D eigenvalue weighted by atomic mass is 16.5. The third-order valence-corrected chi connectivity index (χ3v) is 3.59. The molecule has 0 aliphatic carbocycles. The number of benzene rings is 2. The normalized spacial score (nSPS) is 10.4. The Hall–Kier alpha value is -3.48. The van der Waals surface area contributed by atoms with E-state index in [1.807, 2.05) is 0 Å². The Morgan fingerprint density at radius 3 is 2.40 bits per heavy atom. The summed E-state index contributed by atoms with van der Waals surface area (Å²) >= 11 is 0. The number of methoxy groups -OCH3 is 1. The van der Waals surface area contributed by atoms with Crippen LogP contribution in [0.1, 0.15) is 16.1 Å². The largest absolute Gasteiger partial charge is 0.465 e. The van der Waals surface area contributed by atoms with Crippen LogP contribution in [0, 0.1) is 0 Å². The van der Waals surface area contributed by atoms with Crippen LogP contribution in [0.5, 0.6) is 5.75 Å². The van der Waals surface area contributed by atoms with Gasteiger partial charge >= 0.3 is 11.9 Å². The number of carbonyl (C=O) groups excluding carboxylic acids is 2. The number of H-pyrrole nitrogens is 1. The van der Waals surface area contributed by atoms with Crippen molar-refractivity contribution in [2.24, 2.45) is 0 Å². The molecule has 0 spiro atoms. The molecule has 3 rings (SSSR count). The van der Waals surface area contributed by atoms with Gasteiger partial charge in [0.25, 0.3) is 5.56 Å². The minimum absolute atomic E-state index is 0.101. The number of esters is 2. The van der Waals surface area contributed by atoms with Gasteiger partial charge in [0.1, 0.15) is 5.75 Å². The van der Waals surface area contributed by atoms with Crippen LogP contribution < -0.4 is 10.3 Å². The van der Waals surface area contributed by atoms with Gasteiger partial charge in [-0.1, -0.05) is 18.2 Å². The molecule has 0 atom stereocenters. The SMILES string of the molecule is COC(=O)c1ccc(OC(=O)Cc2n[nH]c(=O)c3ccccc23)cc1. The van der Waals surface area contributed by atoms with Gasteiger partial charge in [-0.3, -0.25) is 9.59 Å². The summed E-state index contributed by atoms with van der Waals surface area (Å²) in [5.74, 6) is -0.705. The van der Waals surface area contributed by atoms with E-state index in [-0.39, 0.29) is 12.0 Å². The van der Waals surface area contributed by atoms with Crippen molar-refractivity contribution in [3.8, 4) is 5.75 Å². The highest BCUT2D eigenvalue weighted by Gasteiger charge is 2.13. The summed E-state index contributed by atoms with van der Waals surface area (Å²) in [5.41, 5.74) is 0.466. The Morgan fingerprint density at radius 2 is 1.72 bits per heavy atom. The molecular formula is C18H14N2O5. The van der Waals surface area contributed by atoms with Crippen molar-refractivity contribution in [3.05, 3.63) is 70.1 Å². The Bertz CT molecular complexity index is 992. The zero-order valence-electron chi connectivity index (χ0n) is 13.3. The first-order chi connectivity index (χ1) is 12.1. The summed E-state index contributed by atoms with van der Waals surface area (Å²) in [4.78, 5) is 35.3. The van der Waals surface area contributed by atoms with Crippen LogP contribution in [-0.4, -0.2) is 29.2 Å². The van der Waals surface area contributed by atoms with E-state index in [9.17, 15) is 14.4 Å². The maximum atomic E-state index is 12.1. The second-order valence-electron chi connectivity index (χ2n) is 5.21. The lowest BCUT2D eigenvalue weighted by Gasteiger charge is -2.06. The Labute approximate surface area is 142 Å². The second kappa shape index (κ2) is 6.96. The average molecular weight is 338 g/mol. The number of ether oxygens (including phenoxy) is 2. The summed E-state index contributed by atoms with van der Waals surface area (Å²) in [7, 11) is 1.29. The monoisotopic (exact) mass is 338 g/mol. The van der Waals surface area contributed by atoms with Gasteiger partial charge in [-0.25, -0.2) is 9.89 Å². The first-order valence-corrected chi connectivity index (χ1v) is 7.44. The summed E-state index contributed by atoms with van der Waals surface area (Å²) in [6.07, 6.45) is -0.101. The standard InChI is InChI=1S/C18H14N2O5/c1-24-18(23)11-6-8-12(9-7-11)25-16(21)10-15-13-4-2-3-5-14(13)17(22)20-19-15/h2-9H,10H2,1H3,(H,20,22). The van der Waals surface area contributed by atoms with Gasteiger partial charge in [0.05, 0.1) is 30.2 Å². The number of aromatic nitrogens is 2. The van der Waals surface area contributed by atoms with Crippen LogP contribution >= 0.6 is 0 Å². The first kappa shape index (κ1) is 16.4. The molecule has 0 radical (unpaired) electrons. The van der Waals surface area contributed by atoms with E-state index < -0.39 is 11.9 Å². The molecule has 0 bridgehead atoms. The minimum atomic E-state index is -0.532. The fraction of sp³-hybridized carbons (Fsp3) is 0.111. The fourth-order valence-electron chi connectivity index (χ4n) is 2.39. The second-order valence-corrected chi connectivity index (χ2v) is 5.21. The number of nitrogens with one attached hydrogen (secondary N) is 1. The smallest absolute Gasteiger partial charge is 0.337 e. The Kier molecular flexibility index (Phi) is 4.56. The van der Waals surface area contributed by atoms with Crippen LogP contribution in [0.4, 0.5) is 0 Å². The molecule has 7 heteroatoms. The molecule has 7 nitrogen and oxygen atoms in total. The predicted octanol–water partition coefficient (Wildman–Crippen LogP) is 1.86. The van der Waals surface area contributed by atoms with Crippen molar-refractivity contribution < 1.29 is 19.1 Å². The topological polar surface area (TPSA) is 98.3 Å². The fourth-order valence-corrected chi connectivity index (χ4v) is 2.39. The van der Waals surface area contributed by atoms with E-state index in [1.165, 1.54) is 31.4 Å². The molecule has 2 aromatic carbocycles. The zero-order chi connectivity index (χ0) is 17.8. The highest BCUT2D eigenvalue weighted by Crippen LogP contribution is 2.16. The van der Waals surface area contributed by atoms with Crippen molar-refractivity contribution in [2.45, 2.75) is 6.42 Å². The number of hydrogen-bond acceptors (Lipinski definition) is 6. The molecule has 0 aliphatic heterocycles. The molecule has 0 saturated heterocycles. The molecule has 1 aromatic heterocycles. The maximum absolute atomic E-state index is 12.1. The number of nitrogens with zero attached hydrogens (tertiary/aromatic N) is 1. The summed E-state index contributed by atoms with van der Waals surface area (Å²) in [5, 5.41) is 7.37. The molecule has 0 aliphatic rings. The van der Waals surface area contributed by atoms with Crippen molar-refractivity contribution >= 4 is 22.7 Å². The van der Waals surface area contributed by atoms with Crippen LogP contribution in [0.15, 0.2) is 53.3 Å². The molecule has 0 saturated carbocycles. The molecule has 25 heavy (non-hydrogen) atoms. The van der Waals surface area contributed by atoms with Crippen LogP contribution in [0.3, 0.4) is 0 Å². The lowest BCUT2D eigenvalue weighted by Crippen LogP contribution is -2.16. The minimum Gasteiger partial charge on any atom is -0.465 e. The van der Waals surface area contributed by atoms with Gasteiger partial charge in [-0.15, -0.1) is 0 Å². The number of hydrogen-bond donors (Lipinski definition) is 1. The number of aromatic amines is 1. The third kappa shape index (κ3) is 3.55. The zero-order valence-corrected chi connectivity index (χ0v) is 13.3. The van der Waals surface area contributed by atoms with Crippen LogP contribution in [0.25, 0.3) is 10.8 Å². The summed E-state index contributed by atoms with van der Waals surface area (Å²) in [6.45, 7) is 0. The number of carbonyl (C=O) groups is 2. The molecule has 1 N–H and O–H groups in total. The molecule has 3 aromatic rings. The van der Waals surface area contributed by atoms with E-state index in [1.54, 1.807) is 24.3 Å². The maximum Gasteiger partial charge on any atom is 0.337 e. The lowest BCUT2D eigenvalue weighted by atomic mass is 10.1. The highest BCUT2D eigenvalue weighted by molar-refractivity contribution is 5.90. The summed E-state index contributed by atoms with van der Waals surface area (Å²) < 4.78 is 9.85. The third-order valence-electron chi connectivity index (χ3n) is 3.59. The van der Waals surface area contributed by atoms with E-state index in [0.29, 0.717) is 27.8 Å². The predicted molar refractivity (Wildman–Crippen MR) is 89.5 cm³/mol. The summed E-state index contributed by atoms with van der Waals surface area (Å²) in [6, 6.07) is 12.9. The van der Waals surface area contributed by atoms with E-state index >= 15 is 0 Å². The van der Waals surface area contributed by atoms with Crippen molar-refractivity contribution in [2.75, 3.05) is 7.11 Å². The lowest BCUT2D eigenvalue weighted by molar-refractivity contribution is -0.133. The number of fused-ring (bicyclic) bond motifs is 1. The van der Waals surface area contributed by atoms with E-state index in [2.05, 4.69) is 14.9 Å². The van der Waals surface area contributed by atoms with E-state index in [0.717, 1.165) is 0 Å². The van der Waals surface area contributed by atoms with Gasteiger partial charge in [0, 0.05) is 5.39 Å². The average Bonchev–Trinajstić information content (AvgIpc) is 2.64. The quantitative estimate of drug-likeness (QED) is 0.576. The molecule has 0 amide bonds. The van der Waals surface area contributed by atoms with Crippen LogP contribution in [-0.2, 0) is 16.0 Å². The number of rotatable bonds is 4. The van der Waals surface area contributed by atoms with E-state index in [4.69, 9.17) is 4.74 Å². The van der Waals surface area contributed by atoms with Crippen molar-refractivity contribution in [3.63, 3.8) is 0 Å². The van der Waals surface area contributed by atoms with Crippen LogP contribution in [0.2, 0.25) is 0 Å². The molecule has 126 valence electrons.